The largest absolute Gasteiger partial charge is 0.393 e. The van der Waals surface area contributed by atoms with Crippen LogP contribution < -0.4 is 0 Å². The lowest BCUT2D eigenvalue weighted by Gasteiger charge is -2.49. The van der Waals surface area contributed by atoms with Crippen LogP contribution in [0.4, 0.5) is 0 Å². The summed E-state index contributed by atoms with van der Waals surface area (Å²) in [5, 5.41) is -0.227. The van der Waals surface area contributed by atoms with Gasteiger partial charge in [-0.15, -0.1) is 0 Å². The van der Waals surface area contributed by atoms with Gasteiger partial charge in [0.2, 0.25) is 0 Å². The lowest BCUT2D eigenvalue weighted by atomic mass is 10.0. The number of aryl methyl sites for hydroxylation is 1. The quantitative estimate of drug-likeness (QED) is 0.638. The summed E-state index contributed by atoms with van der Waals surface area (Å²) in [5.74, 6) is 0. The van der Waals surface area contributed by atoms with Crippen LogP contribution in [0.5, 0.6) is 0 Å². The zero-order valence-corrected chi connectivity index (χ0v) is 15.8. The molecule has 2 heterocycles. The molecule has 23 heavy (non-hydrogen) atoms. The van der Waals surface area contributed by atoms with Crippen LogP contribution in [-0.4, -0.2) is 38.6 Å². The van der Waals surface area contributed by atoms with Crippen molar-refractivity contribution < 1.29 is 13.6 Å². The van der Waals surface area contributed by atoms with Crippen molar-refractivity contribution in [3.05, 3.63) is 30.1 Å². The van der Waals surface area contributed by atoms with Gasteiger partial charge in [0, 0.05) is 32.2 Å². The van der Waals surface area contributed by atoms with E-state index in [-0.39, 0.29) is 5.22 Å². The highest BCUT2D eigenvalue weighted by molar-refractivity contribution is 6.70. The molecule has 4 nitrogen and oxygen atoms in total. The smallest absolute Gasteiger partial charge is 0.371 e. The van der Waals surface area contributed by atoms with Gasteiger partial charge in [0.15, 0.2) is 0 Å². The maximum Gasteiger partial charge on any atom is 0.371 e. The van der Waals surface area contributed by atoms with Crippen molar-refractivity contribution >= 4 is 8.56 Å². The van der Waals surface area contributed by atoms with Gasteiger partial charge >= 0.3 is 8.56 Å². The molecule has 5 heteroatoms. The average molecular weight is 338 g/mol. The van der Waals surface area contributed by atoms with Crippen molar-refractivity contribution in [2.24, 2.45) is 0 Å². The molecule has 0 radical (unpaired) electrons. The fourth-order valence-electron chi connectivity index (χ4n) is 3.84. The third kappa shape index (κ3) is 4.21. The first kappa shape index (κ1) is 18.6. The molecule has 1 aromatic heterocycles. The summed E-state index contributed by atoms with van der Waals surface area (Å²) in [6.07, 6.45) is 9.12. The Bertz CT molecular complexity index is 441. The highest BCUT2D eigenvalue weighted by Crippen LogP contribution is 2.43. The highest BCUT2D eigenvalue weighted by Gasteiger charge is 2.59. The maximum absolute atomic E-state index is 6.41. The van der Waals surface area contributed by atoms with Gasteiger partial charge in [-0.1, -0.05) is 12.8 Å². The second kappa shape index (κ2) is 8.92. The summed E-state index contributed by atoms with van der Waals surface area (Å²) >= 11 is 0. The molecule has 1 aliphatic heterocycles. The van der Waals surface area contributed by atoms with E-state index in [1.165, 1.54) is 18.4 Å². The van der Waals surface area contributed by atoms with Gasteiger partial charge in [-0.05, 0) is 63.8 Å². The van der Waals surface area contributed by atoms with Crippen LogP contribution in [0.25, 0.3) is 0 Å². The second-order valence-electron chi connectivity index (χ2n) is 6.11. The molecule has 1 aromatic rings. The normalized spacial score (nSPS) is 23.8. The Kier molecular flexibility index (Phi) is 7.21. The minimum Gasteiger partial charge on any atom is -0.393 e. The van der Waals surface area contributed by atoms with Crippen LogP contribution in [0.2, 0.25) is 6.04 Å². The number of ether oxygens (including phenoxy) is 1. The fraction of sp³-hybridized carbons (Fsp3) is 0.722. The van der Waals surface area contributed by atoms with Crippen molar-refractivity contribution in [3.8, 4) is 0 Å². The van der Waals surface area contributed by atoms with Gasteiger partial charge < -0.3 is 13.6 Å². The molecule has 1 aliphatic rings. The molecular formula is C18H31NO3Si. The van der Waals surface area contributed by atoms with Crippen molar-refractivity contribution in [2.45, 2.75) is 64.1 Å². The molecule has 0 saturated carbocycles. The van der Waals surface area contributed by atoms with E-state index in [0.29, 0.717) is 19.8 Å². The monoisotopic (exact) mass is 337 g/mol. The molecule has 0 amide bonds. The molecule has 0 N–H and O–H groups in total. The SMILES string of the molecule is CCOC1(CCc2ccncc2)CCCC[Si]1(OCC)OCC. The summed E-state index contributed by atoms with van der Waals surface area (Å²) in [7, 11) is -2.38. The number of pyridine rings is 1. The first-order valence-corrected chi connectivity index (χ1v) is 11.0. The Morgan fingerprint density at radius 1 is 1.04 bits per heavy atom. The lowest BCUT2D eigenvalue weighted by molar-refractivity contribution is -0.0453. The van der Waals surface area contributed by atoms with E-state index >= 15 is 0 Å². The molecule has 130 valence electrons. The third-order valence-electron chi connectivity index (χ3n) is 4.77. The summed E-state index contributed by atoms with van der Waals surface area (Å²) in [5.41, 5.74) is 1.31. The van der Waals surface area contributed by atoms with E-state index < -0.39 is 8.56 Å². The van der Waals surface area contributed by atoms with Gasteiger partial charge in [0.1, 0.15) is 5.22 Å². The Labute approximate surface area is 141 Å². The average Bonchev–Trinajstić information content (AvgIpc) is 2.57. The van der Waals surface area contributed by atoms with E-state index in [1.54, 1.807) is 0 Å². The summed E-state index contributed by atoms with van der Waals surface area (Å²) < 4.78 is 19.1. The minimum atomic E-state index is -2.38. The van der Waals surface area contributed by atoms with Gasteiger partial charge in [-0.3, -0.25) is 4.98 Å². The summed E-state index contributed by atoms with van der Waals surface area (Å²) in [6.45, 7) is 8.35. The zero-order valence-electron chi connectivity index (χ0n) is 14.8. The fourth-order valence-corrected chi connectivity index (χ4v) is 8.27. The molecule has 0 bridgehead atoms. The topological polar surface area (TPSA) is 40.6 Å². The van der Waals surface area contributed by atoms with E-state index in [9.17, 15) is 0 Å². The van der Waals surface area contributed by atoms with Crippen molar-refractivity contribution in [1.29, 1.82) is 0 Å². The second-order valence-corrected chi connectivity index (χ2v) is 9.60. The molecule has 0 aromatic carbocycles. The van der Waals surface area contributed by atoms with Gasteiger partial charge in [-0.2, -0.15) is 0 Å². The predicted octanol–water partition coefficient (Wildman–Crippen LogP) is 4.03. The number of hydrogen-bond acceptors (Lipinski definition) is 4. The standard InChI is InChI=1S/C18H31NO3Si/c1-4-20-18(13-9-17-10-14-19-15-11-17)12-7-8-16-23(18,21-5-2)22-6-3/h10-11,14-15H,4-9,12-13,16H2,1-3H3. The Hall–Kier alpha value is -0.753. The first-order valence-electron chi connectivity index (χ1n) is 9.02. The van der Waals surface area contributed by atoms with Crippen molar-refractivity contribution in [1.82, 2.24) is 4.98 Å². The van der Waals surface area contributed by atoms with Crippen LogP contribution >= 0.6 is 0 Å². The summed E-state index contributed by atoms with van der Waals surface area (Å²) in [6, 6.07) is 5.23. The van der Waals surface area contributed by atoms with Crippen LogP contribution in [-0.2, 0) is 20.0 Å². The highest BCUT2D eigenvalue weighted by atomic mass is 28.4. The first-order chi connectivity index (χ1) is 11.2. The Morgan fingerprint density at radius 3 is 2.35 bits per heavy atom. The van der Waals surface area contributed by atoms with Crippen LogP contribution in [0.3, 0.4) is 0 Å². The third-order valence-corrected chi connectivity index (χ3v) is 9.33. The summed E-state index contributed by atoms with van der Waals surface area (Å²) in [4.78, 5) is 4.11. The van der Waals surface area contributed by atoms with E-state index in [2.05, 4.69) is 37.9 Å². The molecule has 1 atom stereocenters. The number of nitrogens with zero attached hydrogens (tertiary/aromatic N) is 1. The van der Waals surface area contributed by atoms with E-state index in [1.807, 2.05) is 12.4 Å². The van der Waals surface area contributed by atoms with Crippen LogP contribution in [0.15, 0.2) is 24.5 Å². The van der Waals surface area contributed by atoms with E-state index in [0.717, 1.165) is 25.3 Å². The number of aromatic nitrogens is 1. The molecule has 0 spiro atoms. The molecule has 1 saturated heterocycles. The Balaban J connectivity index is 2.25. The molecule has 1 unspecified atom stereocenters. The van der Waals surface area contributed by atoms with Crippen LogP contribution in [0.1, 0.15) is 52.0 Å². The van der Waals surface area contributed by atoms with Crippen LogP contribution in [0, 0.1) is 0 Å². The Morgan fingerprint density at radius 2 is 1.74 bits per heavy atom. The van der Waals surface area contributed by atoms with Gasteiger partial charge in [0.25, 0.3) is 0 Å². The molecule has 1 fully saturated rings. The van der Waals surface area contributed by atoms with Gasteiger partial charge in [-0.25, -0.2) is 0 Å². The van der Waals surface area contributed by atoms with E-state index in [4.69, 9.17) is 13.6 Å². The zero-order chi connectivity index (χ0) is 16.6. The molecular weight excluding hydrogens is 306 g/mol. The van der Waals surface area contributed by atoms with Crippen molar-refractivity contribution in [3.63, 3.8) is 0 Å². The molecule has 2 rings (SSSR count). The van der Waals surface area contributed by atoms with Gasteiger partial charge in [0.05, 0.1) is 0 Å². The van der Waals surface area contributed by atoms with Crippen molar-refractivity contribution in [2.75, 3.05) is 19.8 Å². The lowest BCUT2D eigenvalue weighted by Crippen LogP contribution is -2.66. The molecule has 0 aliphatic carbocycles. The maximum atomic E-state index is 6.41. The number of hydrogen-bond donors (Lipinski definition) is 0. The minimum absolute atomic E-state index is 0.227. The number of rotatable bonds is 9. The predicted molar refractivity (Wildman–Crippen MR) is 94.6 cm³/mol.